The average molecular weight is 281 g/mol. The van der Waals surface area contributed by atoms with Crippen molar-refractivity contribution in [1.82, 2.24) is 5.32 Å². The van der Waals surface area contributed by atoms with Gasteiger partial charge in [-0.15, -0.1) is 0 Å². The SMILES string of the molecule is O=C(Cc1ccc(O)cc1)NC(c1ccccc1)C1CC1. The summed E-state index contributed by atoms with van der Waals surface area (Å²) in [6, 6.07) is 17.1. The standard InChI is InChI=1S/C18H19NO2/c20-16-10-6-13(7-11-16)12-17(21)19-18(15-8-9-15)14-4-2-1-3-5-14/h1-7,10-11,15,18,20H,8-9,12H2,(H,19,21). The van der Waals surface area contributed by atoms with Gasteiger partial charge < -0.3 is 10.4 Å². The summed E-state index contributed by atoms with van der Waals surface area (Å²) >= 11 is 0. The molecule has 0 bridgehead atoms. The van der Waals surface area contributed by atoms with Crippen LogP contribution >= 0.6 is 0 Å². The Bertz CT molecular complexity index is 603. The van der Waals surface area contributed by atoms with Gasteiger partial charge in [0, 0.05) is 0 Å². The number of rotatable bonds is 5. The number of amides is 1. The molecule has 1 aliphatic carbocycles. The smallest absolute Gasteiger partial charge is 0.224 e. The largest absolute Gasteiger partial charge is 0.508 e. The highest BCUT2D eigenvalue weighted by molar-refractivity contribution is 5.79. The van der Waals surface area contributed by atoms with Crippen LogP contribution in [0.5, 0.6) is 5.75 Å². The van der Waals surface area contributed by atoms with Gasteiger partial charge in [0.15, 0.2) is 0 Å². The lowest BCUT2D eigenvalue weighted by Crippen LogP contribution is -2.31. The zero-order chi connectivity index (χ0) is 14.7. The van der Waals surface area contributed by atoms with E-state index in [4.69, 9.17) is 0 Å². The van der Waals surface area contributed by atoms with Crippen LogP contribution in [-0.4, -0.2) is 11.0 Å². The molecule has 3 rings (SSSR count). The lowest BCUT2D eigenvalue weighted by molar-refractivity contribution is -0.121. The Balaban J connectivity index is 1.66. The predicted molar refractivity (Wildman–Crippen MR) is 81.9 cm³/mol. The summed E-state index contributed by atoms with van der Waals surface area (Å²) in [6.07, 6.45) is 2.70. The summed E-state index contributed by atoms with van der Waals surface area (Å²) in [4.78, 5) is 12.2. The Morgan fingerprint density at radius 2 is 1.76 bits per heavy atom. The first-order chi connectivity index (χ1) is 10.2. The summed E-state index contributed by atoms with van der Waals surface area (Å²) in [5.41, 5.74) is 2.09. The molecule has 0 spiro atoms. The highest BCUT2D eigenvalue weighted by Gasteiger charge is 2.33. The Morgan fingerprint density at radius 1 is 1.10 bits per heavy atom. The van der Waals surface area contributed by atoms with E-state index in [0.717, 1.165) is 5.56 Å². The van der Waals surface area contributed by atoms with E-state index in [1.165, 1.54) is 18.4 Å². The molecule has 0 aromatic heterocycles. The summed E-state index contributed by atoms with van der Waals surface area (Å²) in [5, 5.41) is 12.4. The topological polar surface area (TPSA) is 49.3 Å². The van der Waals surface area contributed by atoms with Crippen LogP contribution in [0, 0.1) is 5.92 Å². The molecule has 0 radical (unpaired) electrons. The molecule has 2 N–H and O–H groups in total. The Kier molecular flexibility index (Phi) is 3.91. The zero-order valence-corrected chi connectivity index (χ0v) is 11.8. The highest BCUT2D eigenvalue weighted by Crippen LogP contribution is 2.40. The molecule has 3 nitrogen and oxygen atoms in total. The molecule has 1 saturated carbocycles. The lowest BCUT2D eigenvalue weighted by Gasteiger charge is -2.19. The molecule has 1 amide bonds. The van der Waals surface area contributed by atoms with E-state index in [1.807, 2.05) is 18.2 Å². The van der Waals surface area contributed by atoms with E-state index in [9.17, 15) is 9.90 Å². The van der Waals surface area contributed by atoms with Crippen molar-refractivity contribution >= 4 is 5.91 Å². The fraction of sp³-hybridized carbons (Fsp3) is 0.278. The minimum Gasteiger partial charge on any atom is -0.508 e. The van der Waals surface area contributed by atoms with Crippen LogP contribution in [0.25, 0.3) is 0 Å². The molecule has 1 atom stereocenters. The number of carbonyl (C=O) groups is 1. The number of aromatic hydroxyl groups is 1. The van der Waals surface area contributed by atoms with Crippen molar-refractivity contribution in [3.63, 3.8) is 0 Å². The molecule has 21 heavy (non-hydrogen) atoms. The second-order valence-electron chi connectivity index (χ2n) is 5.64. The molecule has 1 unspecified atom stereocenters. The number of carbonyl (C=O) groups excluding carboxylic acids is 1. The van der Waals surface area contributed by atoms with Gasteiger partial charge in [-0.3, -0.25) is 4.79 Å². The van der Waals surface area contributed by atoms with Gasteiger partial charge in [-0.25, -0.2) is 0 Å². The monoisotopic (exact) mass is 281 g/mol. The third-order valence-corrected chi connectivity index (χ3v) is 3.87. The normalized spacial score (nSPS) is 15.4. The Morgan fingerprint density at radius 3 is 2.38 bits per heavy atom. The van der Waals surface area contributed by atoms with Crippen molar-refractivity contribution in [1.29, 1.82) is 0 Å². The summed E-state index contributed by atoms with van der Waals surface area (Å²) in [7, 11) is 0. The van der Waals surface area contributed by atoms with E-state index < -0.39 is 0 Å². The first-order valence-corrected chi connectivity index (χ1v) is 7.34. The molecule has 0 heterocycles. The Labute approximate surface area is 124 Å². The van der Waals surface area contributed by atoms with Crippen LogP contribution in [0.15, 0.2) is 54.6 Å². The Hall–Kier alpha value is -2.29. The fourth-order valence-corrected chi connectivity index (χ4v) is 2.59. The van der Waals surface area contributed by atoms with Gasteiger partial charge in [0.1, 0.15) is 5.75 Å². The van der Waals surface area contributed by atoms with Crippen LogP contribution in [-0.2, 0) is 11.2 Å². The average Bonchev–Trinajstić information content (AvgIpc) is 3.33. The molecular weight excluding hydrogens is 262 g/mol. The van der Waals surface area contributed by atoms with Crippen molar-refractivity contribution in [3.05, 3.63) is 65.7 Å². The minimum absolute atomic E-state index is 0.0291. The van der Waals surface area contributed by atoms with Crippen LogP contribution in [0.3, 0.4) is 0 Å². The molecule has 108 valence electrons. The van der Waals surface area contributed by atoms with Crippen molar-refractivity contribution in [3.8, 4) is 5.75 Å². The molecule has 2 aromatic carbocycles. The van der Waals surface area contributed by atoms with Crippen LogP contribution < -0.4 is 5.32 Å². The number of benzene rings is 2. The van der Waals surface area contributed by atoms with E-state index in [1.54, 1.807) is 24.3 Å². The van der Waals surface area contributed by atoms with Crippen LogP contribution in [0.2, 0.25) is 0 Å². The number of nitrogens with one attached hydrogen (secondary N) is 1. The van der Waals surface area contributed by atoms with Crippen molar-refractivity contribution in [2.75, 3.05) is 0 Å². The third kappa shape index (κ3) is 3.63. The molecule has 0 saturated heterocycles. The second-order valence-corrected chi connectivity index (χ2v) is 5.64. The second kappa shape index (κ2) is 6.00. The van der Waals surface area contributed by atoms with E-state index in [-0.39, 0.29) is 17.7 Å². The maximum absolute atomic E-state index is 12.2. The number of hydrogen-bond acceptors (Lipinski definition) is 2. The maximum atomic E-state index is 12.2. The van der Waals surface area contributed by atoms with Gasteiger partial charge in [0.05, 0.1) is 12.5 Å². The summed E-state index contributed by atoms with van der Waals surface area (Å²) in [6.45, 7) is 0. The van der Waals surface area contributed by atoms with Gasteiger partial charge >= 0.3 is 0 Å². The van der Waals surface area contributed by atoms with Crippen molar-refractivity contribution in [2.45, 2.75) is 25.3 Å². The maximum Gasteiger partial charge on any atom is 0.224 e. The van der Waals surface area contributed by atoms with Crippen molar-refractivity contribution in [2.24, 2.45) is 5.92 Å². The van der Waals surface area contributed by atoms with Crippen LogP contribution in [0.4, 0.5) is 0 Å². The summed E-state index contributed by atoms with van der Waals surface area (Å²) in [5.74, 6) is 0.817. The van der Waals surface area contributed by atoms with Gasteiger partial charge in [-0.05, 0) is 42.0 Å². The zero-order valence-electron chi connectivity index (χ0n) is 11.8. The van der Waals surface area contributed by atoms with Gasteiger partial charge in [0.25, 0.3) is 0 Å². The van der Waals surface area contributed by atoms with Gasteiger partial charge in [-0.2, -0.15) is 0 Å². The molecule has 3 heteroatoms. The minimum atomic E-state index is 0.0291. The van der Waals surface area contributed by atoms with Crippen LogP contribution in [0.1, 0.15) is 30.0 Å². The predicted octanol–water partition coefficient (Wildman–Crippen LogP) is 3.20. The van der Waals surface area contributed by atoms with Gasteiger partial charge in [0.2, 0.25) is 5.91 Å². The highest BCUT2D eigenvalue weighted by atomic mass is 16.3. The fourth-order valence-electron chi connectivity index (χ4n) is 2.59. The molecule has 1 fully saturated rings. The quantitative estimate of drug-likeness (QED) is 0.884. The first kappa shape index (κ1) is 13.7. The van der Waals surface area contributed by atoms with E-state index in [0.29, 0.717) is 12.3 Å². The van der Waals surface area contributed by atoms with E-state index >= 15 is 0 Å². The molecule has 1 aliphatic rings. The van der Waals surface area contributed by atoms with Crippen molar-refractivity contribution < 1.29 is 9.90 Å². The number of hydrogen-bond donors (Lipinski definition) is 2. The third-order valence-electron chi connectivity index (χ3n) is 3.87. The van der Waals surface area contributed by atoms with Gasteiger partial charge in [-0.1, -0.05) is 42.5 Å². The molecular formula is C18H19NO2. The number of phenolic OH excluding ortho intramolecular Hbond substituents is 1. The summed E-state index contributed by atoms with van der Waals surface area (Å²) < 4.78 is 0. The number of phenols is 1. The van der Waals surface area contributed by atoms with E-state index in [2.05, 4.69) is 17.4 Å². The molecule has 2 aromatic rings. The first-order valence-electron chi connectivity index (χ1n) is 7.34. The molecule has 0 aliphatic heterocycles. The lowest BCUT2D eigenvalue weighted by atomic mass is 10.0.